The number of hydrogen-bond acceptors (Lipinski definition) is 4. The van der Waals surface area contributed by atoms with E-state index in [1.807, 2.05) is 13.8 Å². The van der Waals surface area contributed by atoms with Crippen molar-refractivity contribution in [3.63, 3.8) is 0 Å². The quantitative estimate of drug-likeness (QED) is 0.836. The van der Waals surface area contributed by atoms with Gasteiger partial charge in [-0.15, -0.1) is 0 Å². The molecule has 0 amide bonds. The molecule has 0 heterocycles. The second-order valence-corrected chi connectivity index (χ2v) is 4.24. The highest BCUT2D eigenvalue weighted by molar-refractivity contribution is 9.10. The normalized spacial score (nSPS) is 10.6. The summed E-state index contributed by atoms with van der Waals surface area (Å²) in [6.45, 7) is 4.25. The van der Waals surface area contributed by atoms with E-state index in [9.17, 15) is 5.11 Å². The molecular weight excluding hydrogens is 274 g/mol. The first kappa shape index (κ1) is 13.3. The lowest BCUT2D eigenvalue weighted by atomic mass is 10.0. The third kappa shape index (κ3) is 2.31. The summed E-state index contributed by atoms with van der Waals surface area (Å²) in [4.78, 5) is 4.78. The number of phenolic OH excluding ortho intramolecular Hbond substituents is 1. The molecule has 0 fully saturated rings. The second kappa shape index (κ2) is 5.52. The average Bonchev–Trinajstić information content (AvgIpc) is 2.27. The second-order valence-electron chi connectivity index (χ2n) is 3.45. The Hall–Kier alpha value is -0.780. The average molecular weight is 290 g/mol. The molecule has 0 unspecified atom stereocenters. The number of rotatable bonds is 4. The first-order valence-electron chi connectivity index (χ1n) is 4.84. The lowest BCUT2D eigenvalue weighted by Gasteiger charge is -2.17. The van der Waals surface area contributed by atoms with Gasteiger partial charge >= 0.3 is 0 Å². The molecule has 0 bridgehead atoms. The van der Waals surface area contributed by atoms with Crippen molar-refractivity contribution in [1.82, 2.24) is 5.48 Å². The summed E-state index contributed by atoms with van der Waals surface area (Å²) in [5.74, 6) is 0.649. The van der Waals surface area contributed by atoms with Gasteiger partial charge in [0, 0.05) is 15.6 Å². The Kier molecular flexibility index (Phi) is 4.58. The first-order valence-corrected chi connectivity index (χ1v) is 5.64. The van der Waals surface area contributed by atoms with Crippen LogP contribution in [0.5, 0.6) is 11.5 Å². The summed E-state index contributed by atoms with van der Waals surface area (Å²) < 4.78 is 6.12. The predicted octanol–water partition coefficient (Wildman–Crippen LogP) is 2.43. The highest BCUT2D eigenvalue weighted by Gasteiger charge is 2.18. The van der Waals surface area contributed by atoms with E-state index < -0.39 is 0 Å². The van der Waals surface area contributed by atoms with Crippen molar-refractivity contribution in [2.45, 2.75) is 20.4 Å². The van der Waals surface area contributed by atoms with Crippen LogP contribution in [-0.2, 0) is 11.4 Å². The van der Waals surface area contributed by atoms with E-state index in [0.717, 1.165) is 21.2 Å². The van der Waals surface area contributed by atoms with Crippen molar-refractivity contribution in [2.75, 3.05) is 14.2 Å². The van der Waals surface area contributed by atoms with Crippen LogP contribution in [0.15, 0.2) is 4.47 Å². The van der Waals surface area contributed by atoms with Crippen LogP contribution >= 0.6 is 15.9 Å². The van der Waals surface area contributed by atoms with E-state index >= 15 is 0 Å². The minimum absolute atomic E-state index is 0.158. The highest BCUT2D eigenvalue weighted by atomic mass is 79.9. The maximum Gasteiger partial charge on any atom is 0.164 e. The van der Waals surface area contributed by atoms with Crippen molar-refractivity contribution in [2.24, 2.45) is 0 Å². The van der Waals surface area contributed by atoms with Gasteiger partial charge < -0.3 is 14.7 Å². The van der Waals surface area contributed by atoms with E-state index in [-0.39, 0.29) is 5.75 Å². The van der Waals surface area contributed by atoms with E-state index in [4.69, 9.17) is 9.57 Å². The number of aromatic hydroxyl groups is 1. The van der Waals surface area contributed by atoms with Crippen molar-refractivity contribution in [3.05, 3.63) is 21.2 Å². The van der Waals surface area contributed by atoms with E-state index in [2.05, 4.69) is 21.4 Å². The van der Waals surface area contributed by atoms with Gasteiger partial charge in [0.15, 0.2) is 11.5 Å². The highest BCUT2D eigenvalue weighted by Crippen LogP contribution is 2.40. The molecule has 1 aromatic rings. The molecule has 0 aromatic heterocycles. The van der Waals surface area contributed by atoms with Crippen LogP contribution < -0.4 is 10.2 Å². The van der Waals surface area contributed by atoms with Gasteiger partial charge in [0.25, 0.3) is 0 Å². The minimum Gasteiger partial charge on any atom is -0.504 e. The number of benzene rings is 1. The standard InChI is InChI=1S/C11H16BrNO3/c1-6-8(5-13-16-4)10(14)11(15-3)7(2)9(6)12/h13-14H,5H2,1-4H3. The number of phenols is 1. The summed E-state index contributed by atoms with van der Waals surface area (Å²) in [7, 11) is 3.07. The summed E-state index contributed by atoms with van der Waals surface area (Å²) >= 11 is 3.49. The maximum absolute atomic E-state index is 10.1. The maximum atomic E-state index is 10.1. The molecule has 0 saturated heterocycles. The van der Waals surface area contributed by atoms with Gasteiger partial charge in [0.1, 0.15) is 0 Å². The fourth-order valence-corrected chi connectivity index (χ4v) is 2.04. The fraction of sp³-hybridized carbons (Fsp3) is 0.455. The van der Waals surface area contributed by atoms with Gasteiger partial charge in [-0.2, -0.15) is 5.48 Å². The summed E-state index contributed by atoms with van der Waals surface area (Å²) in [6, 6.07) is 0. The first-order chi connectivity index (χ1) is 7.54. The van der Waals surface area contributed by atoms with Gasteiger partial charge in [0.05, 0.1) is 20.8 Å². The van der Waals surface area contributed by atoms with Crippen LogP contribution in [-0.4, -0.2) is 19.3 Å². The Morgan fingerprint density at radius 1 is 1.25 bits per heavy atom. The molecule has 0 spiro atoms. The van der Waals surface area contributed by atoms with Crippen molar-refractivity contribution >= 4 is 15.9 Å². The molecular formula is C11H16BrNO3. The number of hydrogen-bond donors (Lipinski definition) is 2. The monoisotopic (exact) mass is 289 g/mol. The molecule has 1 rings (SSSR count). The molecule has 16 heavy (non-hydrogen) atoms. The Labute approximate surface area is 104 Å². The van der Waals surface area contributed by atoms with E-state index in [0.29, 0.717) is 12.3 Å². The third-order valence-corrected chi connectivity index (χ3v) is 3.74. The SMILES string of the molecule is CONCc1c(C)c(Br)c(C)c(OC)c1O. The third-order valence-electron chi connectivity index (χ3n) is 2.55. The Morgan fingerprint density at radius 3 is 2.38 bits per heavy atom. The molecule has 0 radical (unpaired) electrons. The van der Waals surface area contributed by atoms with Crippen molar-refractivity contribution < 1.29 is 14.7 Å². The summed E-state index contributed by atoms with van der Waals surface area (Å²) in [5.41, 5.74) is 5.33. The summed E-state index contributed by atoms with van der Waals surface area (Å²) in [6.07, 6.45) is 0. The summed E-state index contributed by atoms with van der Waals surface area (Å²) in [5, 5.41) is 10.1. The largest absolute Gasteiger partial charge is 0.504 e. The zero-order valence-electron chi connectivity index (χ0n) is 9.85. The zero-order valence-corrected chi connectivity index (χ0v) is 11.4. The molecule has 0 saturated carbocycles. The number of hydroxylamine groups is 1. The van der Waals surface area contributed by atoms with Crippen LogP contribution in [0.3, 0.4) is 0 Å². The molecule has 90 valence electrons. The topological polar surface area (TPSA) is 50.7 Å². The molecule has 0 aliphatic carbocycles. The van der Waals surface area contributed by atoms with Crippen molar-refractivity contribution in [1.29, 1.82) is 0 Å². The van der Waals surface area contributed by atoms with Crippen LogP contribution in [0.25, 0.3) is 0 Å². The van der Waals surface area contributed by atoms with Crippen LogP contribution in [0.2, 0.25) is 0 Å². The predicted molar refractivity (Wildman–Crippen MR) is 65.7 cm³/mol. The van der Waals surface area contributed by atoms with Gasteiger partial charge in [0.2, 0.25) is 0 Å². The Bertz CT molecular complexity index is 394. The molecule has 0 aliphatic heterocycles. The molecule has 0 aliphatic rings. The smallest absolute Gasteiger partial charge is 0.164 e. The van der Waals surface area contributed by atoms with Crippen LogP contribution in [0.4, 0.5) is 0 Å². The van der Waals surface area contributed by atoms with Gasteiger partial charge in [-0.3, -0.25) is 0 Å². The number of halogens is 1. The molecule has 5 heteroatoms. The van der Waals surface area contributed by atoms with E-state index in [1.54, 1.807) is 0 Å². The Morgan fingerprint density at radius 2 is 1.88 bits per heavy atom. The fourth-order valence-electron chi connectivity index (χ4n) is 1.62. The lowest BCUT2D eigenvalue weighted by molar-refractivity contribution is 0.0859. The van der Waals surface area contributed by atoms with Crippen molar-refractivity contribution in [3.8, 4) is 11.5 Å². The molecule has 4 nitrogen and oxygen atoms in total. The zero-order chi connectivity index (χ0) is 12.3. The number of ether oxygens (including phenoxy) is 1. The lowest BCUT2D eigenvalue weighted by Crippen LogP contribution is -2.13. The van der Waals surface area contributed by atoms with Gasteiger partial charge in [-0.25, -0.2) is 0 Å². The molecule has 0 atom stereocenters. The van der Waals surface area contributed by atoms with Gasteiger partial charge in [-0.05, 0) is 19.4 Å². The minimum atomic E-state index is 0.158. The van der Waals surface area contributed by atoms with E-state index in [1.165, 1.54) is 14.2 Å². The van der Waals surface area contributed by atoms with Gasteiger partial charge in [-0.1, -0.05) is 15.9 Å². The van der Waals surface area contributed by atoms with Crippen LogP contribution in [0.1, 0.15) is 16.7 Å². The molecule has 2 N–H and O–H groups in total. The molecule has 1 aromatic carbocycles. The Balaban J connectivity index is 3.31. The number of nitrogens with one attached hydrogen (secondary N) is 1. The number of methoxy groups -OCH3 is 1. The van der Waals surface area contributed by atoms with Crippen LogP contribution in [0, 0.1) is 13.8 Å².